The zero-order chi connectivity index (χ0) is 12.3. The van der Waals surface area contributed by atoms with Crippen molar-refractivity contribution in [3.63, 3.8) is 0 Å². The molecule has 0 unspecified atom stereocenters. The molecule has 0 aromatic heterocycles. The molecule has 0 saturated heterocycles. The van der Waals surface area contributed by atoms with E-state index in [1.54, 1.807) is 0 Å². The summed E-state index contributed by atoms with van der Waals surface area (Å²) < 4.78 is 0. The lowest BCUT2D eigenvalue weighted by molar-refractivity contribution is 0.528. The molecular weight excluding hydrogens is 340 g/mol. The van der Waals surface area contributed by atoms with Gasteiger partial charge in [-0.05, 0) is 37.2 Å². The second-order valence-corrected chi connectivity index (χ2v) is 6.06. The van der Waals surface area contributed by atoms with Crippen LogP contribution in [0.5, 0.6) is 0 Å². The molecule has 1 aromatic rings. The molecule has 96 valence electrons. The summed E-state index contributed by atoms with van der Waals surface area (Å²) in [4.78, 5) is 0. The van der Waals surface area contributed by atoms with E-state index in [1.165, 1.54) is 44.1 Å². The lowest BCUT2D eigenvalue weighted by atomic mass is 9.89. The maximum absolute atomic E-state index is 3.51. The molecule has 0 aliphatic rings. The van der Waals surface area contributed by atoms with Gasteiger partial charge in [0.2, 0.25) is 0 Å². The van der Waals surface area contributed by atoms with Gasteiger partial charge in [0.25, 0.3) is 0 Å². The quantitative estimate of drug-likeness (QED) is 0.379. The molecule has 0 heterocycles. The van der Waals surface area contributed by atoms with Crippen molar-refractivity contribution < 1.29 is 0 Å². The van der Waals surface area contributed by atoms with Crippen molar-refractivity contribution in [1.82, 2.24) is 0 Å². The van der Waals surface area contributed by atoms with E-state index in [4.69, 9.17) is 0 Å². The van der Waals surface area contributed by atoms with E-state index in [2.05, 4.69) is 62.2 Å². The Balaban J connectivity index is 2.46. The van der Waals surface area contributed by atoms with Crippen LogP contribution in [0.4, 0.5) is 0 Å². The average molecular weight is 362 g/mol. The van der Waals surface area contributed by atoms with E-state index in [1.807, 2.05) is 0 Å². The lowest BCUT2D eigenvalue weighted by Crippen LogP contribution is -2.00. The van der Waals surface area contributed by atoms with E-state index >= 15 is 0 Å². The number of alkyl halides is 2. The van der Waals surface area contributed by atoms with Gasteiger partial charge in [-0.15, -0.1) is 0 Å². The Morgan fingerprint density at radius 1 is 0.765 bits per heavy atom. The van der Waals surface area contributed by atoms with E-state index in [-0.39, 0.29) is 0 Å². The highest BCUT2D eigenvalue weighted by Gasteiger charge is 2.10. The number of unbranched alkanes of at least 4 members (excludes halogenated alkanes) is 2. The van der Waals surface area contributed by atoms with E-state index < -0.39 is 0 Å². The van der Waals surface area contributed by atoms with Crippen LogP contribution in [0.25, 0.3) is 0 Å². The van der Waals surface area contributed by atoms with Crippen LogP contribution >= 0.6 is 31.9 Å². The molecule has 0 spiro atoms. The Morgan fingerprint density at radius 2 is 1.29 bits per heavy atom. The molecule has 0 fully saturated rings. The fraction of sp³-hybridized carbons (Fsp3) is 0.600. The Kier molecular flexibility index (Phi) is 9.08. The molecule has 2 heteroatoms. The second-order valence-electron chi connectivity index (χ2n) is 4.48. The molecule has 0 bridgehead atoms. The summed E-state index contributed by atoms with van der Waals surface area (Å²) in [6.45, 7) is 0. The number of hydrogen-bond acceptors (Lipinski definition) is 0. The molecule has 0 saturated carbocycles. The summed E-state index contributed by atoms with van der Waals surface area (Å²) in [5, 5.41) is 2.27. The molecular formula is C15H22Br2. The SMILES string of the molecule is BrCCCCC(CCCCBr)c1ccccc1. The van der Waals surface area contributed by atoms with Gasteiger partial charge in [-0.3, -0.25) is 0 Å². The summed E-state index contributed by atoms with van der Waals surface area (Å²) >= 11 is 7.03. The first kappa shape index (κ1) is 15.2. The van der Waals surface area contributed by atoms with Gasteiger partial charge in [0.1, 0.15) is 0 Å². The minimum Gasteiger partial charge on any atom is -0.0928 e. The number of hydrogen-bond donors (Lipinski definition) is 0. The second kappa shape index (κ2) is 10.1. The molecule has 17 heavy (non-hydrogen) atoms. The summed E-state index contributed by atoms with van der Waals surface area (Å²) in [7, 11) is 0. The maximum Gasteiger partial charge on any atom is 0.00313 e. The third-order valence-electron chi connectivity index (χ3n) is 3.14. The highest BCUT2D eigenvalue weighted by atomic mass is 79.9. The number of rotatable bonds is 9. The fourth-order valence-electron chi connectivity index (χ4n) is 2.17. The van der Waals surface area contributed by atoms with Gasteiger partial charge >= 0.3 is 0 Å². The third kappa shape index (κ3) is 6.61. The van der Waals surface area contributed by atoms with Crippen molar-refractivity contribution in [2.24, 2.45) is 0 Å². The van der Waals surface area contributed by atoms with E-state index in [0.717, 1.165) is 16.6 Å². The van der Waals surface area contributed by atoms with Crippen molar-refractivity contribution in [2.45, 2.75) is 44.4 Å². The molecule has 0 aliphatic carbocycles. The predicted molar refractivity (Wildman–Crippen MR) is 84.5 cm³/mol. The minimum absolute atomic E-state index is 0.759. The number of benzene rings is 1. The number of halogens is 2. The fourth-order valence-corrected chi connectivity index (χ4v) is 2.97. The van der Waals surface area contributed by atoms with Crippen LogP contribution in [0.1, 0.15) is 50.0 Å². The Bertz CT molecular complexity index is 262. The highest BCUT2D eigenvalue weighted by molar-refractivity contribution is 9.09. The van der Waals surface area contributed by atoms with Crippen molar-refractivity contribution in [3.05, 3.63) is 35.9 Å². The maximum atomic E-state index is 3.51. The van der Waals surface area contributed by atoms with Gasteiger partial charge in [-0.2, -0.15) is 0 Å². The van der Waals surface area contributed by atoms with E-state index in [9.17, 15) is 0 Å². The van der Waals surface area contributed by atoms with Crippen molar-refractivity contribution in [1.29, 1.82) is 0 Å². The van der Waals surface area contributed by atoms with Crippen molar-refractivity contribution >= 4 is 31.9 Å². The van der Waals surface area contributed by atoms with Gasteiger partial charge in [0.05, 0.1) is 0 Å². The summed E-state index contributed by atoms with van der Waals surface area (Å²) in [6.07, 6.45) is 7.91. The molecule has 0 radical (unpaired) electrons. The van der Waals surface area contributed by atoms with Gasteiger partial charge < -0.3 is 0 Å². The Morgan fingerprint density at radius 3 is 1.76 bits per heavy atom. The predicted octanol–water partition coefficient (Wildman–Crippen LogP) is 5.90. The van der Waals surface area contributed by atoms with Crippen LogP contribution in [0, 0.1) is 0 Å². The first-order chi connectivity index (χ1) is 8.38. The Labute approximate surface area is 122 Å². The molecule has 0 nitrogen and oxygen atoms in total. The van der Waals surface area contributed by atoms with Crippen molar-refractivity contribution in [3.8, 4) is 0 Å². The van der Waals surface area contributed by atoms with Gasteiger partial charge in [-0.1, -0.05) is 75.0 Å². The van der Waals surface area contributed by atoms with Crippen LogP contribution in [-0.4, -0.2) is 10.7 Å². The zero-order valence-corrected chi connectivity index (χ0v) is 13.5. The normalized spacial score (nSPS) is 11.0. The third-order valence-corrected chi connectivity index (χ3v) is 4.26. The molecule has 0 N–H and O–H groups in total. The van der Waals surface area contributed by atoms with Crippen LogP contribution in [0.3, 0.4) is 0 Å². The minimum atomic E-state index is 0.759. The highest BCUT2D eigenvalue weighted by Crippen LogP contribution is 2.27. The molecule has 0 amide bonds. The summed E-state index contributed by atoms with van der Waals surface area (Å²) in [6, 6.07) is 11.0. The zero-order valence-electron chi connectivity index (χ0n) is 10.4. The van der Waals surface area contributed by atoms with Gasteiger partial charge in [0.15, 0.2) is 0 Å². The van der Waals surface area contributed by atoms with Crippen LogP contribution in [0.2, 0.25) is 0 Å². The molecule has 0 atom stereocenters. The molecule has 1 aromatic carbocycles. The monoisotopic (exact) mass is 360 g/mol. The first-order valence-corrected chi connectivity index (χ1v) is 8.79. The summed E-state index contributed by atoms with van der Waals surface area (Å²) in [5.41, 5.74) is 1.52. The van der Waals surface area contributed by atoms with E-state index in [0.29, 0.717) is 0 Å². The lowest BCUT2D eigenvalue weighted by Gasteiger charge is -2.17. The van der Waals surface area contributed by atoms with Crippen LogP contribution in [-0.2, 0) is 0 Å². The smallest absolute Gasteiger partial charge is 0.00313 e. The van der Waals surface area contributed by atoms with Crippen LogP contribution < -0.4 is 0 Å². The van der Waals surface area contributed by atoms with Crippen molar-refractivity contribution in [2.75, 3.05) is 10.7 Å². The average Bonchev–Trinajstić information content (AvgIpc) is 2.38. The standard InChI is InChI=1S/C15H22Br2/c16-12-6-4-10-15(11-5-7-13-17)14-8-2-1-3-9-14/h1-3,8-9,15H,4-7,10-13H2. The largest absolute Gasteiger partial charge is 0.0928 e. The van der Waals surface area contributed by atoms with Gasteiger partial charge in [0, 0.05) is 10.7 Å². The molecule has 1 rings (SSSR count). The van der Waals surface area contributed by atoms with Gasteiger partial charge in [-0.25, -0.2) is 0 Å². The topological polar surface area (TPSA) is 0 Å². The molecule has 0 aliphatic heterocycles. The summed E-state index contributed by atoms with van der Waals surface area (Å²) in [5.74, 6) is 0.759. The first-order valence-electron chi connectivity index (χ1n) is 6.55. The Hall–Kier alpha value is 0.180. The van der Waals surface area contributed by atoms with Crippen LogP contribution in [0.15, 0.2) is 30.3 Å².